The highest BCUT2D eigenvalue weighted by atomic mass is 35.5. The number of esters is 1. The van der Waals surface area contributed by atoms with E-state index in [1.54, 1.807) is 18.2 Å². The maximum absolute atomic E-state index is 14.1. The summed E-state index contributed by atoms with van der Waals surface area (Å²) in [6.45, 7) is 1.45. The van der Waals surface area contributed by atoms with Gasteiger partial charge in [0, 0.05) is 5.56 Å². The van der Waals surface area contributed by atoms with Crippen LogP contribution in [0.3, 0.4) is 0 Å². The second-order valence-corrected chi connectivity index (χ2v) is 4.71. The molecule has 3 nitrogen and oxygen atoms in total. The Morgan fingerprint density at radius 1 is 1.20 bits per heavy atom. The van der Waals surface area contributed by atoms with Crippen LogP contribution in [0.15, 0.2) is 42.5 Å². The average Bonchev–Trinajstić information content (AvgIpc) is 2.46. The van der Waals surface area contributed by atoms with Gasteiger partial charge in [-0.25, -0.2) is 9.18 Å². The van der Waals surface area contributed by atoms with Crippen LogP contribution in [0.2, 0.25) is 0 Å². The standard InChI is InChI=1S/C15H12ClFO3/c1-2-20-14(19)15(16,17)13(18)12-8-7-10-5-3-4-6-11(10)9-12/h3-9H,2H2,1H3. The summed E-state index contributed by atoms with van der Waals surface area (Å²) in [6, 6.07) is 11.9. The molecule has 0 saturated heterocycles. The third-order valence-electron chi connectivity index (χ3n) is 2.83. The minimum Gasteiger partial charge on any atom is -0.462 e. The van der Waals surface area contributed by atoms with Crippen molar-refractivity contribution >= 4 is 34.1 Å². The molecule has 0 bridgehead atoms. The molecule has 1 atom stereocenters. The summed E-state index contributed by atoms with van der Waals surface area (Å²) in [6.07, 6.45) is 0. The predicted molar refractivity (Wildman–Crippen MR) is 74.6 cm³/mol. The molecule has 2 aromatic carbocycles. The first kappa shape index (κ1) is 14.5. The molecule has 1 unspecified atom stereocenters. The summed E-state index contributed by atoms with van der Waals surface area (Å²) in [5.41, 5.74) is 0.0225. The molecule has 0 spiro atoms. The Balaban J connectivity index is 2.37. The molecule has 5 heteroatoms. The zero-order valence-electron chi connectivity index (χ0n) is 10.7. The lowest BCUT2D eigenvalue weighted by Crippen LogP contribution is -2.38. The molecular weight excluding hydrogens is 283 g/mol. The van der Waals surface area contributed by atoms with E-state index in [9.17, 15) is 14.0 Å². The summed E-state index contributed by atoms with van der Waals surface area (Å²) in [5.74, 6) is -2.51. The Kier molecular flexibility index (Phi) is 4.04. The summed E-state index contributed by atoms with van der Waals surface area (Å²) < 4.78 is 18.6. The molecule has 0 fully saturated rings. The molecule has 0 aliphatic heterocycles. The number of rotatable bonds is 4. The van der Waals surface area contributed by atoms with Crippen LogP contribution in [-0.2, 0) is 9.53 Å². The van der Waals surface area contributed by atoms with E-state index in [4.69, 9.17) is 11.6 Å². The van der Waals surface area contributed by atoms with Gasteiger partial charge >= 0.3 is 11.1 Å². The lowest BCUT2D eigenvalue weighted by Gasteiger charge is -2.15. The van der Waals surface area contributed by atoms with E-state index in [2.05, 4.69) is 4.74 Å². The van der Waals surface area contributed by atoms with Crippen LogP contribution in [0.4, 0.5) is 4.39 Å². The SMILES string of the molecule is CCOC(=O)C(F)(Cl)C(=O)c1ccc2ccccc2c1. The van der Waals surface area contributed by atoms with Gasteiger partial charge in [-0.05, 0) is 23.8 Å². The van der Waals surface area contributed by atoms with Crippen LogP contribution in [-0.4, -0.2) is 23.5 Å². The van der Waals surface area contributed by atoms with Crippen LogP contribution in [0.5, 0.6) is 0 Å². The quantitative estimate of drug-likeness (QED) is 0.375. The molecule has 20 heavy (non-hydrogen) atoms. The van der Waals surface area contributed by atoms with Crippen LogP contribution in [0, 0.1) is 0 Å². The predicted octanol–water partition coefficient (Wildman–Crippen LogP) is 3.49. The maximum Gasteiger partial charge on any atom is 0.368 e. The van der Waals surface area contributed by atoms with Crippen molar-refractivity contribution in [3.63, 3.8) is 0 Å². The molecular formula is C15H12ClFO3. The number of ketones is 1. The number of carbonyl (C=O) groups excluding carboxylic acids is 2. The van der Waals surface area contributed by atoms with Crippen molar-refractivity contribution in [2.24, 2.45) is 0 Å². The number of alkyl halides is 2. The molecule has 0 N–H and O–H groups in total. The Labute approximate surface area is 120 Å². The normalized spacial score (nSPS) is 13.8. The fraction of sp³-hybridized carbons (Fsp3) is 0.200. The fourth-order valence-electron chi connectivity index (χ4n) is 1.83. The van der Waals surface area contributed by atoms with Crippen LogP contribution >= 0.6 is 11.6 Å². The van der Waals surface area contributed by atoms with E-state index in [-0.39, 0.29) is 12.2 Å². The zero-order valence-corrected chi connectivity index (χ0v) is 11.5. The third-order valence-corrected chi connectivity index (χ3v) is 3.15. The average molecular weight is 295 g/mol. The molecule has 2 rings (SSSR count). The number of hydrogen-bond donors (Lipinski definition) is 0. The van der Waals surface area contributed by atoms with Gasteiger partial charge in [0.25, 0.3) is 0 Å². The molecule has 0 aliphatic carbocycles. The molecule has 0 radical (unpaired) electrons. The minimum absolute atomic E-state index is 0.0225. The summed E-state index contributed by atoms with van der Waals surface area (Å²) in [5, 5.41) is -1.53. The molecule has 0 aliphatic rings. The Hall–Kier alpha value is -1.94. The van der Waals surface area contributed by atoms with Gasteiger partial charge in [0.05, 0.1) is 6.61 Å². The van der Waals surface area contributed by atoms with Crippen LogP contribution in [0.1, 0.15) is 17.3 Å². The summed E-state index contributed by atoms with van der Waals surface area (Å²) >= 11 is 5.41. The van der Waals surface area contributed by atoms with E-state index in [0.29, 0.717) is 0 Å². The van der Waals surface area contributed by atoms with E-state index in [1.807, 2.05) is 12.1 Å². The van der Waals surface area contributed by atoms with Crippen molar-refractivity contribution in [3.05, 3.63) is 48.0 Å². The highest BCUT2D eigenvalue weighted by Gasteiger charge is 2.46. The number of fused-ring (bicyclic) bond motifs is 1. The van der Waals surface area contributed by atoms with Crippen LogP contribution < -0.4 is 0 Å². The monoisotopic (exact) mass is 294 g/mol. The first-order valence-electron chi connectivity index (χ1n) is 6.05. The molecule has 0 saturated carbocycles. The second kappa shape index (κ2) is 5.59. The lowest BCUT2D eigenvalue weighted by atomic mass is 10.0. The molecule has 104 valence electrons. The minimum atomic E-state index is -3.20. The third kappa shape index (κ3) is 2.65. The van der Waals surface area contributed by atoms with Crippen LogP contribution in [0.25, 0.3) is 10.8 Å². The highest BCUT2D eigenvalue weighted by molar-refractivity contribution is 6.46. The summed E-state index contributed by atoms with van der Waals surface area (Å²) in [7, 11) is 0. The first-order chi connectivity index (χ1) is 9.46. The second-order valence-electron chi connectivity index (χ2n) is 4.19. The van der Waals surface area contributed by atoms with Crippen molar-refractivity contribution in [3.8, 4) is 0 Å². The van der Waals surface area contributed by atoms with Crippen molar-refractivity contribution in [2.45, 2.75) is 12.1 Å². The van der Waals surface area contributed by atoms with Gasteiger partial charge in [-0.1, -0.05) is 48.0 Å². The Morgan fingerprint density at radius 3 is 2.50 bits per heavy atom. The highest BCUT2D eigenvalue weighted by Crippen LogP contribution is 2.26. The van der Waals surface area contributed by atoms with Crippen molar-refractivity contribution in [1.82, 2.24) is 0 Å². The maximum atomic E-state index is 14.1. The first-order valence-corrected chi connectivity index (χ1v) is 6.43. The molecule has 0 aromatic heterocycles. The zero-order chi connectivity index (χ0) is 14.8. The number of ether oxygens (including phenoxy) is 1. The largest absolute Gasteiger partial charge is 0.462 e. The smallest absolute Gasteiger partial charge is 0.368 e. The van der Waals surface area contributed by atoms with Crippen molar-refractivity contribution < 1.29 is 18.7 Å². The number of Topliss-reactive ketones (excluding diaryl/α,β-unsaturated/α-hetero) is 1. The molecule has 0 amide bonds. The fourth-order valence-corrected chi connectivity index (χ4v) is 1.99. The molecule has 0 heterocycles. The van der Waals surface area contributed by atoms with Gasteiger partial charge in [-0.15, -0.1) is 0 Å². The lowest BCUT2D eigenvalue weighted by molar-refractivity contribution is -0.149. The Morgan fingerprint density at radius 2 is 1.85 bits per heavy atom. The van der Waals surface area contributed by atoms with Gasteiger partial charge in [0.15, 0.2) is 0 Å². The van der Waals surface area contributed by atoms with Gasteiger partial charge in [0.1, 0.15) is 0 Å². The van der Waals surface area contributed by atoms with Gasteiger partial charge in [0.2, 0.25) is 5.78 Å². The Bertz CT molecular complexity index is 667. The number of hydrogen-bond acceptors (Lipinski definition) is 3. The van der Waals surface area contributed by atoms with E-state index in [0.717, 1.165) is 10.8 Å². The molecule has 2 aromatic rings. The van der Waals surface area contributed by atoms with Crippen molar-refractivity contribution in [1.29, 1.82) is 0 Å². The van der Waals surface area contributed by atoms with E-state index < -0.39 is 16.9 Å². The number of halogens is 2. The summed E-state index contributed by atoms with van der Waals surface area (Å²) in [4.78, 5) is 23.4. The van der Waals surface area contributed by atoms with Gasteiger partial charge in [-0.2, -0.15) is 0 Å². The van der Waals surface area contributed by atoms with Crippen molar-refractivity contribution in [2.75, 3.05) is 6.61 Å². The number of carbonyl (C=O) groups is 2. The van der Waals surface area contributed by atoms with E-state index in [1.165, 1.54) is 19.1 Å². The topological polar surface area (TPSA) is 43.4 Å². The van der Waals surface area contributed by atoms with Gasteiger partial charge < -0.3 is 4.74 Å². The van der Waals surface area contributed by atoms with Gasteiger partial charge in [-0.3, -0.25) is 4.79 Å². The number of benzene rings is 2. The van der Waals surface area contributed by atoms with E-state index >= 15 is 0 Å².